The van der Waals surface area contributed by atoms with Crippen LogP contribution in [-0.2, 0) is 4.74 Å². The van der Waals surface area contributed by atoms with Crippen molar-refractivity contribution in [2.75, 3.05) is 18.6 Å². The largest absolute Gasteiger partial charge is 0.462 e. The van der Waals surface area contributed by atoms with Crippen molar-refractivity contribution < 1.29 is 9.53 Å². The SMILES string of the molecule is CCOC(=O)c1ccc(N(C)c2cncnc2)cc1. The molecule has 98 valence electrons. The molecule has 0 atom stereocenters. The molecule has 0 aliphatic heterocycles. The van der Waals surface area contributed by atoms with Crippen LogP contribution in [0, 0.1) is 0 Å². The number of carbonyl (C=O) groups is 1. The Bertz CT molecular complexity index is 540. The number of benzene rings is 1. The number of hydrogen-bond donors (Lipinski definition) is 0. The summed E-state index contributed by atoms with van der Waals surface area (Å²) in [7, 11) is 1.91. The minimum atomic E-state index is -0.306. The summed E-state index contributed by atoms with van der Waals surface area (Å²) in [5.41, 5.74) is 2.37. The third kappa shape index (κ3) is 3.07. The molecule has 0 aliphatic carbocycles. The molecule has 5 nitrogen and oxygen atoms in total. The molecule has 2 rings (SSSR count). The van der Waals surface area contributed by atoms with Crippen molar-refractivity contribution in [2.45, 2.75) is 6.92 Å². The molecule has 0 fully saturated rings. The standard InChI is InChI=1S/C14H15N3O2/c1-3-19-14(18)11-4-6-12(7-5-11)17(2)13-8-15-10-16-9-13/h4-10H,3H2,1-2H3. The van der Waals surface area contributed by atoms with E-state index < -0.39 is 0 Å². The Hall–Kier alpha value is -2.43. The Balaban J connectivity index is 2.16. The smallest absolute Gasteiger partial charge is 0.338 e. The lowest BCUT2D eigenvalue weighted by Gasteiger charge is -2.18. The van der Waals surface area contributed by atoms with Gasteiger partial charge in [0.2, 0.25) is 0 Å². The molecule has 0 saturated carbocycles. The molecule has 0 amide bonds. The number of carbonyl (C=O) groups excluding carboxylic acids is 1. The first-order chi connectivity index (χ1) is 9.22. The molecule has 5 heteroatoms. The maximum absolute atomic E-state index is 11.5. The van der Waals surface area contributed by atoms with Crippen molar-refractivity contribution in [1.29, 1.82) is 0 Å². The van der Waals surface area contributed by atoms with E-state index in [9.17, 15) is 4.79 Å². The average molecular weight is 257 g/mol. The van der Waals surface area contributed by atoms with Crippen LogP contribution in [0.15, 0.2) is 43.0 Å². The highest BCUT2D eigenvalue weighted by atomic mass is 16.5. The average Bonchev–Trinajstić information content (AvgIpc) is 2.48. The quantitative estimate of drug-likeness (QED) is 0.787. The number of ether oxygens (including phenoxy) is 1. The molecule has 0 saturated heterocycles. The van der Waals surface area contributed by atoms with Crippen molar-refractivity contribution in [3.63, 3.8) is 0 Å². The zero-order chi connectivity index (χ0) is 13.7. The van der Waals surface area contributed by atoms with Crippen LogP contribution in [0.3, 0.4) is 0 Å². The summed E-state index contributed by atoms with van der Waals surface area (Å²) in [6.45, 7) is 2.16. The van der Waals surface area contributed by atoms with E-state index >= 15 is 0 Å². The van der Waals surface area contributed by atoms with Gasteiger partial charge in [-0.2, -0.15) is 0 Å². The second kappa shape index (κ2) is 5.95. The van der Waals surface area contributed by atoms with E-state index in [4.69, 9.17) is 4.74 Å². The fourth-order valence-corrected chi connectivity index (χ4v) is 1.65. The van der Waals surface area contributed by atoms with Crippen molar-refractivity contribution in [3.05, 3.63) is 48.5 Å². The third-order valence-corrected chi connectivity index (χ3v) is 2.70. The van der Waals surface area contributed by atoms with Gasteiger partial charge >= 0.3 is 5.97 Å². The van der Waals surface area contributed by atoms with E-state index in [-0.39, 0.29) is 5.97 Å². The molecule has 19 heavy (non-hydrogen) atoms. The Morgan fingerprint density at radius 2 is 1.79 bits per heavy atom. The lowest BCUT2D eigenvalue weighted by atomic mass is 10.2. The van der Waals surface area contributed by atoms with E-state index in [1.165, 1.54) is 6.33 Å². The lowest BCUT2D eigenvalue weighted by molar-refractivity contribution is 0.0526. The van der Waals surface area contributed by atoms with Gasteiger partial charge in [-0.1, -0.05) is 0 Å². The molecule has 0 aliphatic rings. The van der Waals surface area contributed by atoms with Crippen LogP contribution in [0.4, 0.5) is 11.4 Å². The number of rotatable bonds is 4. The third-order valence-electron chi connectivity index (χ3n) is 2.70. The predicted molar refractivity (Wildman–Crippen MR) is 72.5 cm³/mol. The van der Waals surface area contributed by atoms with Gasteiger partial charge in [-0.15, -0.1) is 0 Å². The van der Waals surface area contributed by atoms with E-state index in [2.05, 4.69) is 9.97 Å². The van der Waals surface area contributed by atoms with Gasteiger partial charge in [-0.3, -0.25) is 0 Å². The molecule has 1 heterocycles. The van der Waals surface area contributed by atoms with Crippen LogP contribution in [0.25, 0.3) is 0 Å². The van der Waals surface area contributed by atoms with Crippen molar-refractivity contribution in [3.8, 4) is 0 Å². The summed E-state index contributed by atoms with van der Waals surface area (Å²) in [6, 6.07) is 7.21. The number of esters is 1. The summed E-state index contributed by atoms with van der Waals surface area (Å²) in [5, 5.41) is 0. The Morgan fingerprint density at radius 1 is 1.16 bits per heavy atom. The fourth-order valence-electron chi connectivity index (χ4n) is 1.65. The van der Waals surface area contributed by atoms with Gasteiger partial charge in [0.15, 0.2) is 0 Å². The highest BCUT2D eigenvalue weighted by Gasteiger charge is 2.08. The first-order valence-electron chi connectivity index (χ1n) is 5.98. The Morgan fingerprint density at radius 3 is 2.37 bits per heavy atom. The second-order valence-electron chi connectivity index (χ2n) is 3.92. The van der Waals surface area contributed by atoms with Crippen LogP contribution < -0.4 is 4.90 Å². The summed E-state index contributed by atoms with van der Waals surface area (Å²) in [6.07, 6.45) is 4.94. The van der Waals surface area contributed by atoms with Crippen LogP contribution in [0.5, 0.6) is 0 Å². The molecule has 0 unspecified atom stereocenters. The van der Waals surface area contributed by atoms with E-state index in [1.54, 1.807) is 31.5 Å². The van der Waals surface area contributed by atoms with E-state index in [0.29, 0.717) is 12.2 Å². The first-order valence-corrected chi connectivity index (χ1v) is 5.98. The second-order valence-corrected chi connectivity index (χ2v) is 3.92. The molecule has 0 bridgehead atoms. The van der Waals surface area contributed by atoms with Crippen LogP contribution in [0.2, 0.25) is 0 Å². The van der Waals surface area contributed by atoms with Crippen molar-refractivity contribution >= 4 is 17.3 Å². The monoisotopic (exact) mass is 257 g/mol. The lowest BCUT2D eigenvalue weighted by Crippen LogP contribution is -2.10. The van der Waals surface area contributed by atoms with Crippen molar-refractivity contribution in [1.82, 2.24) is 9.97 Å². The van der Waals surface area contributed by atoms with Crippen LogP contribution >= 0.6 is 0 Å². The van der Waals surface area contributed by atoms with E-state index in [0.717, 1.165) is 11.4 Å². The summed E-state index contributed by atoms with van der Waals surface area (Å²) in [4.78, 5) is 21.4. The highest BCUT2D eigenvalue weighted by molar-refractivity contribution is 5.89. The van der Waals surface area contributed by atoms with Crippen LogP contribution in [-0.4, -0.2) is 29.6 Å². The molecule has 1 aromatic carbocycles. The van der Waals surface area contributed by atoms with Gasteiger partial charge in [-0.25, -0.2) is 14.8 Å². The van der Waals surface area contributed by atoms with E-state index in [1.807, 2.05) is 24.1 Å². The highest BCUT2D eigenvalue weighted by Crippen LogP contribution is 2.22. The number of hydrogen-bond acceptors (Lipinski definition) is 5. The summed E-state index contributed by atoms with van der Waals surface area (Å²) < 4.78 is 4.94. The topological polar surface area (TPSA) is 55.3 Å². The zero-order valence-corrected chi connectivity index (χ0v) is 10.9. The molecular formula is C14H15N3O2. The number of nitrogens with zero attached hydrogens (tertiary/aromatic N) is 3. The number of anilines is 2. The van der Waals surface area contributed by atoms with Gasteiger partial charge in [0.1, 0.15) is 6.33 Å². The maximum Gasteiger partial charge on any atom is 0.338 e. The molecule has 0 radical (unpaired) electrons. The fraction of sp³-hybridized carbons (Fsp3) is 0.214. The van der Waals surface area contributed by atoms with Crippen LogP contribution in [0.1, 0.15) is 17.3 Å². The number of aromatic nitrogens is 2. The summed E-state index contributed by atoms with van der Waals surface area (Å²) >= 11 is 0. The molecule has 1 aromatic heterocycles. The molecule has 0 N–H and O–H groups in total. The molecular weight excluding hydrogens is 242 g/mol. The minimum Gasteiger partial charge on any atom is -0.462 e. The Labute approximate surface area is 111 Å². The van der Waals surface area contributed by atoms with Gasteiger partial charge < -0.3 is 9.64 Å². The van der Waals surface area contributed by atoms with Crippen molar-refractivity contribution in [2.24, 2.45) is 0 Å². The maximum atomic E-state index is 11.5. The first kappa shape index (κ1) is 13.0. The predicted octanol–water partition coefficient (Wildman–Crippen LogP) is 2.42. The normalized spacial score (nSPS) is 10.0. The van der Waals surface area contributed by atoms with Gasteiger partial charge in [0.05, 0.1) is 30.3 Å². The minimum absolute atomic E-state index is 0.306. The van der Waals surface area contributed by atoms with Gasteiger partial charge in [0.25, 0.3) is 0 Å². The zero-order valence-electron chi connectivity index (χ0n) is 10.9. The van der Waals surface area contributed by atoms with Gasteiger partial charge in [0, 0.05) is 12.7 Å². The molecule has 0 spiro atoms. The van der Waals surface area contributed by atoms with Gasteiger partial charge in [-0.05, 0) is 31.2 Å². The molecule has 2 aromatic rings. The Kier molecular flexibility index (Phi) is 4.07. The summed E-state index contributed by atoms with van der Waals surface area (Å²) in [5.74, 6) is -0.306.